The van der Waals surface area contributed by atoms with Crippen molar-refractivity contribution < 1.29 is 19.5 Å². The summed E-state index contributed by atoms with van der Waals surface area (Å²) < 4.78 is 5.65. The highest BCUT2D eigenvalue weighted by Crippen LogP contribution is 2.39. The second-order valence-electron chi connectivity index (χ2n) is 5.04. The number of ether oxygens (including phenoxy) is 1. The van der Waals surface area contributed by atoms with Gasteiger partial charge in [-0.15, -0.1) is 0 Å². The molecule has 0 radical (unpaired) electrons. The van der Waals surface area contributed by atoms with Crippen molar-refractivity contribution >= 4 is 23.4 Å². The monoisotopic (exact) mass is 299 g/mol. The summed E-state index contributed by atoms with van der Waals surface area (Å²) in [4.78, 5) is 17.3. The lowest BCUT2D eigenvalue weighted by atomic mass is 9.89. The third-order valence-corrected chi connectivity index (χ3v) is 4.81. The Morgan fingerprint density at radius 3 is 2.90 bits per heavy atom. The molecule has 1 unspecified atom stereocenters. The van der Waals surface area contributed by atoms with Crippen molar-refractivity contribution in [2.24, 2.45) is 5.16 Å². The largest absolute Gasteiger partial charge is 0.511 e. The van der Waals surface area contributed by atoms with Crippen molar-refractivity contribution in [1.82, 2.24) is 0 Å². The van der Waals surface area contributed by atoms with Gasteiger partial charge in [-0.3, -0.25) is 0 Å². The average Bonchev–Trinajstić information content (AvgIpc) is 2.42. The van der Waals surface area contributed by atoms with Crippen LogP contribution in [0, 0.1) is 0 Å². The molecule has 1 N–H and O–H groups in total. The molecule has 0 saturated carbocycles. The van der Waals surface area contributed by atoms with Gasteiger partial charge in [0, 0.05) is 12.2 Å². The molecule has 20 heavy (non-hydrogen) atoms. The first-order valence-electron chi connectivity index (χ1n) is 7.04. The maximum Gasteiger partial charge on any atom is 0.344 e. The van der Waals surface area contributed by atoms with Gasteiger partial charge in [0.15, 0.2) is 0 Å². The predicted octanol–water partition coefficient (Wildman–Crippen LogP) is 2.81. The van der Waals surface area contributed by atoms with Crippen LogP contribution in [0.4, 0.5) is 0 Å². The molecule has 2 rings (SSSR count). The van der Waals surface area contributed by atoms with Crippen molar-refractivity contribution in [2.75, 3.05) is 18.1 Å². The fraction of sp³-hybridized carbons (Fsp3) is 0.714. The number of hydrogen-bond donors (Lipinski definition) is 1. The minimum absolute atomic E-state index is 0.0871. The van der Waals surface area contributed by atoms with E-state index in [-0.39, 0.29) is 11.3 Å². The van der Waals surface area contributed by atoms with E-state index in [1.165, 1.54) is 0 Å². The van der Waals surface area contributed by atoms with Crippen LogP contribution in [0.15, 0.2) is 16.5 Å². The van der Waals surface area contributed by atoms with Gasteiger partial charge < -0.3 is 14.7 Å². The topological polar surface area (TPSA) is 68.1 Å². The molecular weight excluding hydrogens is 278 g/mol. The smallest absolute Gasteiger partial charge is 0.344 e. The van der Waals surface area contributed by atoms with Gasteiger partial charge in [0.2, 0.25) is 0 Å². The van der Waals surface area contributed by atoms with Gasteiger partial charge in [0.1, 0.15) is 23.5 Å². The molecule has 6 heteroatoms. The maximum atomic E-state index is 12.3. The van der Waals surface area contributed by atoms with E-state index >= 15 is 0 Å². The second-order valence-corrected chi connectivity index (χ2v) is 6.14. The first-order chi connectivity index (χ1) is 9.62. The predicted molar refractivity (Wildman–Crippen MR) is 79.0 cm³/mol. The van der Waals surface area contributed by atoms with Crippen molar-refractivity contribution in [1.29, 1.82) is 0 Å². The highest BCUT2D eigenvalue weighted by atomic mass is 32.2. The van der Waals surface area contributed by atoms with E-state index in [4.69, 9.17) is 9.57 Å². The number of oxime groups is 1. The Morgan fingerprint density at radius 2 is 2.35 bits per heavy atom. The Kier molecular flexibility index (Phi) is 4.96. The van der Waals surface area contributed by atoms with Crippen LogP contribution < -0.4 is 0 Å². The van der Waals surface area contributed by atoms with E-state index in [0.717, 1.165) is 24.3 Å². The molecule has 0 aromatic heterocycles. The van der Waals surface area contributed by atoms with Gasteiger partial charge in [-0.2, -0.15) is 11.8 Å². The van der Waals surface area contributed by atoms with Crippen molar-refractivity contribution in [3.8, 4) is 0 Å². The molecule has 0 aromatic carbocycles. The molecule has 1 atom stereocenters. The van der Waals surface area contributed by atoms with E-state index in [2.05, 4.69) is 5.16 Å². The number of thioether (sulfide) groups is 1. The molecule has 1 saturated heterocycles. The number of carbonyl (C=O) groups is 1. The lowest BCUT2D eigenvalue weighted by Crippen LogP contribution is -2.45. The number of carbonyl (C=O) groups excluding carboxylic acids is 1. The molecule has 2 aliphatic rings. The summed E-state index contributed by atoms with van der Waals surface area (Å²) in [5, 5.41) is 14.2. The number of aliphatic hydroxyl groups is 1. The lowest BCUT2D eigenvalue weighted by molar-refractivity contribution is -0.156. The van der Waals surface area contributed by atoms with E-state index in [1.807, 2.05) is 13.8 Å². The van der Waals surface area contributed by atoms with Crippen molar-refractivity contribution in [3.05, 3.63) is 11.3 Å². The molecule has 2 heterocycles. The van der Waals surface area contributed by atoms with Crippen LogP contribution in [0.5, 0.6) is 0 Å². The zero-order valence-electron chi connectivity index (χ0n) is 12.0. The number of esters is 1. The summed E-state index contributed by atoms with van der Waals surface area (Å²) in [5.74, 6) is 1.45. The van der Waals surface area contributed by atoms with Gasteiger partial charge in [-0.25, -0.2) is 4.79 Å². The fourth-order valence-corrected chi connectivity index (χ4v) is 3.73. The van der Waals surface area contributed by atoms with Crippen molar-refractivity contribution in [2.45, 2.75) is 45.1 Å². The minimum Gasteiger partial charge on any atom is -0.511 e. The minimum atomic E-state index is -0.530. The molecule has 1 spiro atoms. The van der Waals surface area contributed by atoms with Crippen LogP contribution in [0.2, 0.25) is 0 Å². The summed E-state index contributed by atoms with van der Waals surface area (Å²) in [7, 11) is 0. The fourth-order valence-electron chi connectivity index (χ4n) is 2.56. The summed E-state index contributed by atoms with van der Waals surface area (Å²) in [6.07, 6.45) is 2.71. The first kappa shape index (κ1) is 15.2. The zero-order valence-corrected chi connectivity index (χ0v) is 12.8. The Labute approximate surface area is 123 Å². The van der Waals surface area contributed by atoms with Gasteiger partial charge in [-0.1, -0.05) is 12.1 Å². The third kappa shape index (κ3) is 3.11. The molecule has 0 aromatic rings. The Bertz CT molecular complexity index is 438. The van der Waals surface area contributed by atoms with Crippen LogP contribution >= 0.6 is 11.8 Å². The van der Waals surface area contributed by atoms with Crippen LogP contribution in [-0.2, 0) is 14.4 Å². The average molecular weight is 299 g/mol. The second kappa shape index (κ2) is 6.52. The molecule has 2 aliphatic heterocycles. The van der Waals surface area contributed by atoms with E-state index in [0.29, 0.717) is 25.2 Å². The number of aliphatic hydroxyl groups excluding tert-OH is 1. The molecule has 112 valence electrons. The highest BCUT2D eigenvalue weighted by molar-refractivity contribution is 7.99. The van der Waals surface area contributed by atoms with E-state index < -0.39 is 11.6 Å². The van der Waals surface area contributed by atoms with Crippen LogP contribution in [0.1, 0.15) is 39.5 Å². The summed E-state index contributed by atoms with van der Waals surface area (Å²) in [6.45, 7) is 4.11. The molecule has 5 nitrogen and oxygen atoms in total. The van der Waals surface area contributed by atoms with Gasteiger partial charge >= 0.3 is 5.97 Å². The van der Waals surface area contributed by atoms with Crippen LogP contribution in [0.3, 0.4) is 0 Å². The maximum absolute atomic E-state index is 12.3. The van der Waals surface area contributed by atoms with Crippen molar-refractivity contribution in [3.63, 3.8) is 0 Å². The SMILES string of the molecule is CCON=C(CC)C1=C(O)CC2(CCCSC2)OC1=O. The number of hydrogen-bond acceptors (Lipinski definition) is 6. The first-order valence-corrected chi connectivity index (χ1v) is 8.19. The van der Waals surface area contributed by atoms with Gasteiger partial charge in [0.25, 0.3) is 0 Å². The van der Waals surface area contributed by atoms with Crippen LogP contribution in [-0.4, -0.2) is 40.5 Å². The standard InChI is InChI=1S/C14H21NO4S/c1-3-10(15-18-4-2)12-11(16)8-14(19-13(12)17)6-5-7-20-9-14/h16H,3-9H2,1-2H3. The third-order valence-electron chi connectivity index (χ3n) is 3.51. The Hall–Kier alpha value is -1.17. The van der Waals surface area contributed by atoms with Crippen LogP contribution in [0.25, 0.3) is 0 Å². The van der Waals surface area contributed by atoms with Gasteiger partial charge in [-0.05, 0) is 31.9 Å². The molecule has 0 bridgehead atoms. The Balaban J connectivity index is 2.25. The number of rotatable bonds is 4. The lowest BCUT2D eigenvalue weighted by Gasteiger charge is -2.39. The number of nitrogens with zero attached hydrogens (tertiary/aromatic N) is 1. The highest BCUT2D eigenvalue weighted by Gasteiger charge is 2.44. The summed E-state index contributed by atoms with van der Waals surface area (Å²) in [5.41, 5.74) is 0.104. The quantitative estimate of drug-likeness (QED) is 0.491. The summed E-state index contributed by atoms with van der Waals surface area (Å²) >= 11 is 1.77. The normalized spacial score (nSPS) is 27.7. The Morgan fingerprint density at radius 1 is 1.55 bits per heavy atom. The molecule has 0 amide bonds. The van der Waals surface area contributed by atoms with E-state index in [9.17, 15) is 9.90 Å². The molecule has 0 aliphatic carbocycles. The zero-order chi connectivity index (χ0) is 14.6. The van der Waals surface area contributed by atoms with Gasteiger partial charge in [0.05, 0.1) is 5.71 Å². The molecular formula is C14H21NO4S. The summed E-state index contributed by atoms with van der Waals surface area (Å²) in [6, 6.07) is 0. The molecule has 1 fully saturated rings. The van der Waals surface area contributed by atoms with E-state index in [1.54, 1.807) is 11.8 Å².